The number of phenolic OH excluding ortho intramolecular Hbond substituents is 1. The molecule has 0 saturated carbocycles. The minimum atomic E-state index is -0.543. The molecule has 1 N–H and O–H groups in total. The molecule has 1 aliphatic heterocycles. The molecule has 0 radical (unpaired) electrons. The van der Waals surface area contributed by atoms with Crippen LogP contribution in [0.2, 0.25) is 0 Å². The van der Waals surface area contributed by atoms with Gasteiger partial charge in [0.15, 0.2) is 5.84 Å². The van der Waals surface area contributed by atoms with E-state index < -0.39 is 4.92 Å². The summed E-state index contributed by atoms with van der Waals surface area (Å²) in [7, 11) is 0. The molecule has 0 aromatic heterocycles. The first-order valence-electron chi connectivity index (χ1n) is 7.16. The van der Waals surface area contributed by atoms with Crippen molar-refractivity contribution in [1.29, 1.82) is 0 Å². The van der Waals surface area contributed by atoms with Gasteiger partial charge in [0.1, 0.15) is 11.8 Å². The van der Waals surface area contributed by atoms with Gasteiger partial charge in [0.05, 0.1) is 11.1 Å². The summed E-state index contributed by atoms with van der Waals surface area (Å²) < 4.78 is 0. The van der Waals surface area contributed by atoms with Gasteiger partial charge in [0, 0.05) is 24.1 Å². The van der Waals surface area contributed by atoms with E-state index in [1.165, 1.54) is 24.4 Å². The number of phenols is 1. The minimum Gasteiger partial charge on any atom is -0.507 e. The van der Waals surface area contributed by atoms with Crippen LogP contribution in [0, 0.1) is 10.1 Å². The summed E-state index contributed by atoms with van der Waals surface area (Å²) in [5.41, 5.74) is 1.13. The number of aromatic hydroxyl groups is 1. The Labute approximate surface area is 137 Å². The lowest BCUT2D eigenvalue weighted by atomic mass is 10.1. The molecule has 2 aromatic rings. The Morgan fingerprint density at radius 1 is 1.25 bits per heavy atom. The molecule has 0 amide bonds. The second kappa shape index (κ2) is 6.78. The van der Waals surface area contributed by atoms with E-state index in [9.17, 15) is 15.2 Å². The van der Waals surface area contributed by atoms with Gasteiger partial charge in [-0.2, -0.15) is 10.2 Å². The van der Waals surface area contributed by atoms with Crippen LogP contribution in [-0.2, 0) is 0 Å². The number of nitro groups is 1. The standard InChI is InChI=1S/C16H13N5O3/c22-15-7-6-13(21(23)24)8-12(15)10-17-19-16-9-14(18-20-16)11-4-2-1-3-5-11/h1-8,10,14,22H,9H2/b17-10-,19-16+/t14-/m1/s1. The Morgan fingerprint density at radius 2 is 2.04 bits per heavy atom. The van der Waals surface area contributed by atoms with Gasteiger partial charge in [-0.25, -0.2) is 0 Å². The number of hydrogen-bond acceptors (Lipinski definition) is 6. The van der Waals surface area contributed by atoms with E-state index in [0.717, 1.165) is 5.56 Å². The fraction of sp³-hybridized carbons (Fsp3) is 0.125. The van der Waals surface area contributed by atoms with E-state index in [-0.39, 0.29) is 23.0 Å². The molecule has 3 rings (SSSR count). The summed E-state index contributed by atoms with van der Waals surface area (Å²) in [6, 6.07) is 13.3. The second-order valence-electron chi connectivity index (χ2n) is 5.11. The molecular formula is C16H13N5O3. The molecular weight excluding hydrogens is 310 g/mol. The predicted molar refractivity (Wildman–Crippen MR) is 88.4 cm³/mol. The smallest absolute Gasteiger partial charge is 0.270 e. The van der Waals surface area contributed by atoms with Gasteiger partial charge in [0.25, 0.3) is 5.69 Å². The SMILES string of the molecule is O=[N+]([O-])c1ccc(O)c(/C=N\N=C2/C[C@H](c3ccccc3)N=N2)c1. The van der Waals surface area contributed by atoms with E-state index in [1.54, 1.807) is 0 Å². The van der Waals surface area contributed by atoms with Crippen molar-refractivity contribution >= 4 is 17.7 Å². The maximum atomic E-state index is 10.7. The first kappa shape index (κ1) is 15.5. The number of hydrogen-bond donors (Lipinski definition) is 1. The van der Waals surface area contributed by atoms with Crippen LogP contribution in [0.3, 0.4) is 0 Å². The zero-order chi connectivity index (χ0) is 16.9. The van der Waals surface area contributed by atoms with Crippen molar-refractivity contribution in [2.75, 3.05) is 0 Å². The molecule has 0 saturated heterocycles. The highest BCUT2D eigenvalue weighted by Gasteiger charge is 2.19. The van der Waals surface area contributed by atoms with Gasteiger partial charge < -0.3 is 5.11 Å². The van der Waals surface area contributed by atoms with E-state index in [0.29, 0.717) is 12.3 Å². The summed E-state index contributed by atoms with van der Waals surface area (Å²) in [5.74, 6) is 0.352. The molecule has 8 nitrogen and oxygen atoms in total. The fourth-order valence-electron chi connectivity index (χ4n) is 2.23. The quantitative estimate of drug-likeness (QED) is 0.526. The third-order valence-electron chi connectivity index (χ3n) is 3.46. The molecule has 1 atom stereocenters. The number of benzene rings is 2. The van der Waals surface area contributed by atoms with Crippen molar-refractivity contribution < 1.29 is 10.0 Å². The topological polar surface area (TPSA) is 113 Å². The van der Waals surface area contributed by atoms with Crippen molar-refractivity contribution in [2.24, 2.45) is 20.4 Å². The van der Waals surface area contributed by atoms with Crippen LogP contribution in [0.5, 0.6) is 5.75 Å². The number of azo groups is 1. The number of nitro benzene ring substituents is 1. The Kier molecular flexibility index (Phi) is 4.37. The van der Waals surface area contributed by atoms with Crippen molar-refractivity contribution in [2.45, 2.75) is 12.5 Å². The zero-order valence-electron chi connectivity index (χ0n) is 12.5. The lowest BCUT2D eigenvalue weighted by Crippen LogP contribution is -1.95. The molecule has 24 heavy (non-hydrogen) atoms. The molecule has 0 fully saturated rings. The molecule has 120 valence electrons. The Hall–Kier alpha value is -3.42. The van der Waals surface area contributed by atoms with Crippen LogP contribution in [-0.4, -0.2) is 22.1 Å². The summed E-state index contributed by atoms with van der Waals surface area (Å²) in [6.07, 6.45) is 1.78. The van der Waals surface area contributed by atoms with E-state index in [2.05, 4.69) is 20.4 Å². The number of non-ortho nitro benzene ring substituents is 1. The van der Waals surface area contributed by atoms with Crippen LogP contribution in [0.15, 0.2) is 69.0 Å². The molecule has 2 aromatic carbocycles. The third-order valence-corrected chi connectivity index (χ3v) is 3.46. The monoisotopic (exact) mass is 323 g/mol. The van der Waals surface area contributed by atoms with Gasteiger partial charge in [-0.15, -0.1) is 10.2 Å². The van der Waals surface area contributed by atoms with Crippen LogP contribution in [0.1, 0.15) is 23.6 Å². The Morgan fingerprint density at radius 3 is 2.79 bits per heavy atom. The van der Waals surface area contributed by atoms with Gasteiger partial charge in [-0.3, -0.25) is 10.1 Å². The highest BCUT2D eigenvalue weighted by atomic mass is 16.6. The molecule has 0 bridgehead atoms. The number of nitrogens with zero attached hydrogens (tertiary/aromatic N) is 5. The maximum Gasteiger partial charge on any atom is 0.270 e. The highest BCUT2D eigenvalue weighted by molar-refractivity contribution is 5.87. The Balaban J connectivity index is 1.71. The lowest BCUT2D eigenvalue weighted by Gasteiger charge is -2.02. The van der Waals surface area contributed by atoms with Gasteiger partial charge >= 0.3 is 0 Å². The van der Waals surface area contributed by atoms with Gasteiger partial charge in [-0.05, 0) is 11.6 Å². The summed E-state index contributed by atoms with van der Waals surface area (Å²) >= 11 is 0. The molecule has 0 aliphatic carbocycles. The summed E-state index contributed by atoms with van der Waals surface area (Å²) in [6.45, 7) is 0. The van der Waals surface area contributed by atoms with Crippen LogP contribution in [0.25, 0.3) is 0 Å². The first-order valence-corrected chi connectivity index (χ1v) is 7.16. The van der Waals surface area contributed by atoms with Crippen LogP contribution >= 0.6 is 0 Å². The molecule has 1 heterocycles. The molecule has 0 unspecified atom stereocenters. The van der Waals surface area contributed by atoms with E-state index in [4.69, 9.17) is 0 Å². The summed E-state index contributed by atoms with van der Waals surface area (Å²) in [5, 5.41) is 36.4. The predicted octanol–water partition coefficient (Wildman–Crippen LogP) is 3.63. The second-order valence-corrected chi connectivity index (χ2v) is 5.11. The van der Waals surface area contributed by atoms with Gasteiger partial charge in [0.2, 0.25) is 0 Å². The highest BCUT2D eigenvalue weighted by Crippen LogP contribution is 2.27. The van der Waals surface area contributed by atoms with Gasteiger partial charge in [-0.1, -0.05) is 30.3 Å². The van der Waals surface area contributed by atoms with Crippen LogP contribution < -0.4 is 0 Å². The Bertz CT molecular complexity index is 846. The van der Waals surface area contributed by atoms with Crippen molar-refractivity contribution in [1.82, 2.24) is 0 Å². The summed E-state index contributed by atoms with van der Waals surface area (Å²) in [4.78, 5) is 10.2. The lowest BCUT2D eigenvalue weighted by molar-refractivity contribution is -0.384. The molecule has 0 spiro atoms. The van der Waals surface area contributed by atoms with Crippen LogP contribution in [0.4, 0.5) is 5.69 Å². The molecule has 1 aliphatic rings. The number of amidine groups is 1. The maximum absolute atomic E-state index is 10.7. The van der Waals surface area contributed by atoms with Crippen molar-refractivity contribution in [3.63, 3.8) is 0 Å². The third kappa shape index (κ3) is 3.49. The van der Waals surface area contributed by atoms with E-state index >= 15 is 0 Å². The minimum absolute atomic E-state index is 0.0774. The van der Waals surface area contributed by atoms with Crippen molar-refractivity contribution in [3.8, 4) is 5.75 Å². The molecule has 8 heteroatoms. The average molecular weight is 323 g/mol. The van der Waals surface area contributed by atoms with E-state index in [1.807, 2.05) is 30.3 Å². The normalized spacial score (nSPS) is 18.5. The zero-order valence-corrected chi connectivity index (χ0v) is 12.5. The largest absolute Gasteiger partial charge is 0.507 e. The average Bonchev–Trinajstić information content (AvgIpc) is 3.06. The first-order chi connectivity index (χ1) is 11.6. The van der Waals surface area contributed by atoms with Crippen molar-refractivity contribution in [3.05, 3.63) is 69.8 Å². The fourth-order valence-corrected chi connectivity index (χ4v) is 2.23. The number of rotatable bonds is 4.